The molecule has 5 aromatic rings. The van der Waals surface area contributed by atoms with Crippen LogP contribution in [-0.4, -0.2) is 35.5 Å². The molecule has 0 saturated carbocycles. The Kier molecular flexibility index (Phi) is 11.7. The lowest BCUT2D eigenvalue weighted by Gasteiger charge is -2.26. The van der Waals surface area contributed by atoms with Gasteiger partial charge in [-0.3, -0.25) is 4.79 Å². The number of carbonyl (C=O) groups excluding carboxylic acids is 3. The number of amides is 2. The minimum atomic E-state index is -0.952. The lowest BCUT2D eigenvalue weighted by molar-refractivity contribution is -0.147. The van der Waals surface area contributed by atoms with Crippen molar-refractivity contribution in [2.75, 3.05) is 6.54 Å². The average Bonchev–Trinajstić information content (AvgIpc) is 3.65. The number of urea groups is 1. The van der Waals surface area contributed by atoms with Crippen molar-refractivity contribution >= 4 is 29.3 Å². The van der Waals surface area contributed by atoms with Gasteiger partial charge in [0.25, 0.3) is 0 Å². The zero-order valence-electron chi connectivity index (χ0n) is 25.4. The number of nitrogens with one attached hydrogen (secondary N) is 1. The fourth-order valence-electron chi connectivity index (χ4n) is 4.85. The van der Waals surface area contributed by atoms with Crippen molar-refractivity contribution in [3.05, 3.63) is 154 Å². The molecule has 0 fully saturated rings. The molecule has 0 bridgehead atoms. The van der Waals surface area contributed by atoms with E-state index in [4.69, 9.17) is 9.47 Å². The molecular formula is C38H36N2O5S. The zero-order valence-corrected chi connectivity index (χ0v) is 26.2. The smallest absolute Gasteiger partial charge is 0.329 e. The molecule has 1 heterocycles. The highest BCUT2D eigenvalue weighted by Crippen LogP contribution is 2.23. The molecular weight excluding hydrogens is 596 g/mol. The highest BCUT2D eigenvalue weighted by Gasteiger charge is 2.26. The van der Waals surface area contributed by atoms with Crippen molar-refractivity contribution in [1.29, 1.82) is 0 Å². The van der Waals surface area contributed by atoms with E-state index in [1.165, 1.54) is 4.90 Å². The number of carbonyl (C=O) groups is 3. The van der Waals surface area contributed by atoms with E-state index in [1.54, 1.807) is 11.3 Å². The first-order valence-electron chi connectivity index (χ1n) is 15.1. The number of nitrogens with zero attached hydrogens (tertiary/aromatic N) is 1. The van der Waals surface area contributed by atoms with Crippen LogP contribution in [0.2, 0.25) is 0 Å². The predicted molar refractivity (Wildman–Crippen MR) is 180 cm³/mol. The number of esters is 2. The van der Waals surface area contributed by atoms with E-state index in [0.29, 0.717) is 0 Å². The van der Waals surface area contributed by atoms with Gasteiger partial charge < -0.3 is 19.7 Å². The minimum Gasteiger partial charge on any atom is -0.461 e. The van der Waals surface area contributed by atoms with Gasteiger partial charge >= 0.3 is 18.0 Å². The van der Waals surface area contributed by atoms with Gasteiger partial charge in [0, 0.05) is 19.5 Å². The van der Waals surface area contributed by atoms with Crippen molar-refractivity contribution in [2.45, 2.75) is 38.6 Å². The van der Waals surface area contributed by atoms with E-state index in [9.17, 15) is 14.4 Å². The van der Waals surface area contributed by atoms with Gasteiger partial charge in [0.15, 0.2) is 0 Å². The highest BCUT2D eigenvalue weighted by molar-refractivity contribution is 7.08. The third-order valence-corrected chi connectivity index (χ3v) is 8.07. The fraction of sp³-hybridized carbons (Fsp3) is 0.184. The van der Waals surface area contributed by atoms with Gasteiger partial charge in [-0.2, -0.15) is 11.3 Å². The lowest BCUT2D eigenvalue weighted by Crippen LogP contribution is -2.49. The maximum absolute atomic E-state index is 13.8. The van der Waals surface area contributed by atoms with Gasteiger partial charge in [-0.25, -0.2) is 9.59 Å². The molecule has 0 aliphatic carbocycles. The van der Waals surface area contributed by atoms with Gasteiger partial charge in [-0.05, 0) is 50.2 Å². The molecule has 1 aromatic heterocycles. The van der Waals surface area contributed by atoms with Gasteiger partial charge in [-0.15, -0.1) is 0 Å². The van der Waals surface area contributed by atoms with E-state index in [0.717, 1.165) is 33.4 Å². The van der Waals surface area contributed by atoms with Crippen molar-refractivity contribution in [3.8, 4) is 11.1 Å². The summed E-state index contributed by atoms with van der Waals surface area (Å²) >= 11 is 1.63. The second kappa shape index (κ2) is 16.7. The van der Waals surface area contributed by atoms with Crippen LogP contribution in [0, 0.1) is 0 Å². The molecule has 8 heteroatoms. The molecule has 0 spiro atoms. The molecule has 0 aliphatic heterocycles. The van der Waals surface area contributed by atoms with Crippen LogP contribution in [-0.2, 0) is 45.2 Å². The first-order chi connectivity index (χ1) is 22.5. The summed E-state index contributed by atoms with van der Waals surface area (Å²) in [5, 5.41) is 7.02. The average molecular weight is 633 g/mol. The first-order valence-corrected chi connectivity index (χ1v) is 16.1. The summed E-state index contributed by atoms with van der Waals surface area (Å²) in [6, 6.07) is 36.9. The Morgan fingerprint density at radius 3 is 1.83 bits per heavy atom. The molecule has 2 amide bonds. The third-order valence-electron chi connectivity index (χ3n) is 7.39. The topological polar surface area (TPSA) is 84.9 Å². The zero-order chi connectivity index (χ0) is 32.0. The number of hydrogen-bond acceptors (Lipinski definition) is 6. The summed E-state index contributed by atoms with van der Waals surface area (Å²) in [5.74, 6) is -0.958. The van der Waals surface area contributed by atoms with E-state index in [1.807, 2.05) is 121 Å². The summed E-state index contributed by atoms with van der Waals surface area (Å²) in [7, 11) is 0. The largest absolute Gasteiger partial charge is 0.461 e. The quantitative estimate of drug-likeness (QED) is 0.129. The Hall–Kier alpha value is -5.21. The SMILES string of the molecule is O=C(CCN(Cc1ccccc1)C(=O)N[C@@H](Cc1ccc(-c2ccsc2)cc1)C(=O)OCc1ccccc1)OCc1ccccc1. The second-order valence-electron chi connectivity index (χ2n) is 10.8. The molecule has 1 atom stereocenters. The minimum absolute atomic E-state index is 0.000251. The van der Waals surface area contributed by atoms with Crippen LogP contribution < -0.4 is 5.32 Å². The monoisotopic (exact) mass is 632 g/mol. The van der Waals surface area contributed by atoms with Crippen LogP contribution in [0.15, 0.2) is 132 Å². The summed E-state index contributed by atoms with van der Waals surface area (Å²) in [6.07, 6.45) is 0.238. The van der Waals surface area contributed by atoms with Crippen molar-refractivity contribution < 1.29 is 23.9 Å². The molecule has 5 rings (SSSR count). The third kappa shape index (κ3) is 9.90. The molecule has 7 nitrogen and oxygen atoms in total. The Morgan fingerprint density at radius 1 is 0.652 bits per heavy atom. The Balaban J connectivity index is 1.28. The van der Waals surface area contributed by atoms with Crippen molar-refractivity contribution in [2.24, 2.45) is 0 Å². The summed E-state index contributed by atoms with van der Waals surface area (Å²) < 4.78 is 11.1. The number of thiophene rings is 1. The van der Waals surface area contributed by atoms with Crippen molar-refractivity contribution in [3.63, 3.8) is 0 Å². The fourth-order valence-corrected chi connectivity index (χ4v) is 5.52. The Labute approximate surface area is 273 Å². The molecule has 234 valence electrons. The van der Waals surface area contributed by atoms with Crippen molar-refractivity contribution in [1.82, 2.24) is 10.2 Å². The van der Waals surface area contributed by atoms with Gasteiger partial charge in [0.2, 0.25) is 0 Å². The maximum atomic E-state index is 13.8. The van der Waals surface area contributed by atoms with E-state index >= 15 is 0 Å². The van der Waals surface area contributed by atoms with Gasteiger partial charge in [0.05, 0.1) is 6.42 Å². The van der Waals surface area contributed by atoms with Gasteiger partial charge in [0.1, 0.15) is 19.3 Å². The van der Waals surface area contributed by atoms with Crippen LogP contribution in [0.5, 0.6) is 0 Å². The number of rotatable bonds is 14. The number of ether oxygens (including phenoxy) is 2. The lowest BCUT2D eigenvalue weighted by atomic mass is 10.0. The van der Waals surface area contributed by atoms with Crippen LogP contribution in [0.1, 0.15) is 28.7 Å². The maximum Gasteiger partial charge on any atom is 0.329 e. The van der Waals surface area contributed by atoms with E-state index < -0.39 is 24.0 Å². The van der Waals surface area contributed by atoms with Crippen LogP contribution >= 0.6 is 11.3 Å². The summed E-state index contributed by atoms with van der Waals surface area (Å²) in [5.41, 5.74) is 5.70. The van der Waals surface area contributed by atoms with E-state index in [2.05, 4.69) is 16.8 Å². The second-order valence-corrected chi connectivity index (χ2v) is 11.6. The van der Waals surface area contributed by atoms with E-state index in [-0.39, 0.29) is 39.1 Å². The first kappa shape index (κ1) is 32.2. The Bertz CT molecular complexity index is 1660. The number of benzene rings is 4. The molecule has 0 aliphatic rings. The molecule has 46 heavy (non-hydrogen) atoms. The van der Waals surface area contributed by atoms with Gasteiger partial charge in [-0.1, -0.05) is 115 Å². The summed E-state index contributed by atoms with van der Waals surface area (Å²) in [6.45, 7) is 0.602. The summed E-state index contributed by atoms with van der Waals surface area (Å²) in [4.78, 5) is 41.4. The normalized spacial score (nSPS) is 11.3. The number of hydrogen-bond donors (Lipinski definition) is 1. The van der Waals surface area contributed by atoms with Crippen LogP contribution in [0.3, 0.4) is 0 Å². The molecule has 0 unspecified atom stereocenters. The Morgan fingerprint density at radius 2 is 1.24 bits per heavy atom. The predicted octanol–water partition coefficient (Wildman–Crippen LogP) is 7.41. The van der Waals surface area contributed by atoms with Crippen LogP contribution in [0.4, 0.5) is 4.79 Å². The standard InChI is InChI=1S/C38H36N2O5S/c41-36(44-26-31-12-6-2-7-13-31)20-22-40(25-30-10-4-1-5-11-30)38(43)39-35(37(42)45-27-32-14-8-3-9-15-32)24-29-16-18-33(19-17-29)34-21-23-46-28-34/h1-19,21,23,28,35H,20,22,24-27H2,(H,39,43)/t35-/m0/s1. The van der Waals surface area contributed by atoms with Crippen LogP contribution in [0.25, 0.3) is 11.1 Å². The molecule has 4 aromatic carbocycles. The highest BCUT2D eigenvalue weighted by atomic mass is 32.1. The molecule has 0 saturated heterocycles. The molecule has 0 radical (unpaired) electrons. The molecule has 1 N–H and O–H groups in total.